The van der Waals surface area contributed by atoms with Crippen LogP contribution < -0.4 is 5.32 Å². The van der Waals surface area contributed by atoms with Crippen LogP contribution in [0.25, 0.3) is 0 Å². The predicted octanol–water partition coefficient (Wildman–Crippen LogP) is 4.09. The van der Waals surface area contributed by atoms with E-state index < -0.39 is 5.97 Å². The van der Waals surface area contributed by atoms with Gasteiger partial charge in [-0.1, -0.05) is 29.8 Å². The average Bonchev–Trinajstić information content (AvgIpc) is 3.21. The molecule has 27 heavy (non-hydrogen) atoms. The Morgan fingerprint density at radius 3 is 2.63 bits per heavy atom. The monoisotopic (exact) mass is 366 g/mol. The highest BCUT2D eigenvalue weighted by Crippen LogP contribution is 2.24. The third-order valence-corrected chi connectivity index (χ3v) is 4.98. The van der Waals surface area contributed by atoms with Gasteiger partial charge < -0.3 is 19.4 Å². The van der Waals surface area contributed by atoms with Crippen molar-refractivity contribution in [3.8, 4) is 0 Å². The van der Waals surface area contributed by atoms with Crippen molar-refractivity contribution in [3.63, 3.8) is 0 Å². The summed E-state index contributed by atoms with van der Waals surface area (Å²) in [4.78, 5) is 11.9. The van der Waals surface area contributed by atoms with Gasteiger partial charge >= 0.3 is 5.97 Å². The number of furan rings is 1. The van der Waals surface area contributed by atoms with Gasteiger partial charge in [-0.2, -0.15) is 0 Å². The second-order valence-electron chi connectivity index (χ2n) is 6.91. The molecule has 0 amide bonds. The van der Waals surface area contributed by atoms with Gasteiger partial charge in [0.25, 0.3) is 0 Å². The summed E-state index contributed by atoms with van der Waals surface area (Å²) in [6, 6.07) is 12.1. The fraction of sp³-hybridized carbons (Fsp3) is 0.318. The van der Waals surface area contributed by atoms with Crippen molar-refractivity contribution < 1.29 is 14.3 Å². The number of aromatic nitrogens is 1. The van der Waals surface area contributed by atoms with Gasteiger partial charge in [0.15, 0.2) is 0 Å². The standard InChI is InChI=1S/C22H26N2O3/c1-15-6-4-7-18(12-15)14-24-16(2)20(21(17(24)3)22(25)26)13-23-10-9-19-8-5-11-27-19/h4-8,11-12,23H,9-10,13-14H2,1-3H3,(H,25,26). The Labute approximate surface area is 159 Å². The number of carboxylic acids is 1. The summed E-state index contributed by atoms with van der Waals surface area (Å²) in [7, 11) is 0. The summed E-state index contributed by atoms with van der Waals surface area (Å²) in [5.74, 6) is 0.0484. The van der Waals surface area contributed by atoms with Crippen LogP contribution in [0.5, 0.6) is 0 Å². The predicted molar refractivity (Wildman–Crippen MR) is 105 cm³/mol. The summed E-state index contributed by atoms with van der Waals surface area (Å²) in [5.41, 5.74) is 5.43. The largest absolute Gasteiger partial charge is 0.478 e. The van der Waals surface area contributed by atoms with Gasteiger partial charge in [0.1, 0.15) is 5.76 Å². The first-order valence-corrected chi connectivity index (χ1v) is 9.18. The first-order valence-electron chi connectivity index (χ1n) is 9.18. The molecule has 0 saturated heterocycles. The molecule has 0 saturated carbocycles. The molecular formula is C22H26N2O3. The molecule has 0 aliphatic rings. The Balaban J connectivity index is 1.79. The molecule has 0 atom stereocenters. The van der Waals surface area contributed by atoms with Crippen LogP contribution in [0.4, 0.5) is 0 Å². The van der Waals surface area contributed by atoms with E-state index in [-0.39, 0.29) is 0 Å². The number of hydrogen-bond donors (Lipinski definition) is 2. The third kappa shape index (κ3) is 4.31. The van der Waals surface area contributed by atoms with E-state index in [1.54, 1.807) is 6.26 Å². The highest BCUT2D eigenvalue weighted by molar-refractivity contribution is 5.91. The van der Waals surface area contributed by atoms with E-state index in [0.717, 1.165) is 35.7 Å². The molecule has 5 nitrogen and oxygen atoms in total. The smallest absolute Gasteiger partial charge is 0.337 e. The minimum Gasteiger partial charge on any atom is -0.478 e. The number of rotatable bonds is 8. The number of hydrogen-bond acceptors (Lipinski definition) is 3. The van der Waals surface area contributed by atoms with Crippen molar-refractivity contribution in [3.05, 3.63) is 82.1 Å². The number of nitrogens with one attached hydrogen (secondary N) is 1. The zero-order valence-corrected chi connectivity index (χ0v) is 16.1. The highest BCUT2D eigenvalue weighted by Gasteiger charge is 2.22. The zero-order chi connectivity index (χ0) is 19.4. The zero-order valence-electron chi connectivity index (χ0n) is 16.1. The summed E-state index contributed by atoms with van der Waals surface area (Å²) in [6.07, 6.45) is 2.44. The van der Waals surface area contributed by atoms with Crippen molar-refractivity contribution >= 4 is 5.97 Å². The van der Waals surface area contributed by atoms with Crippen LogP contribution >= 0.6 is 0 Å². The molecule has 3 aromatic rings. The third-order valence-electron chi connectivity index (χ3n) is 4.98. The lowest BCUT2D eigenvalue weighted by atomic mass is 10.1. The van der Waals surface area contributed by atoms with E-state index in [0.29, 0.717) is 18.7 Å². The van der Waals surface area contributed by atoms with Crippen LogP contribution in [0.15, 0.2) is 47.1 Å². The molecule has 0 radical (unpaired) electrons. The fourth-order valence-electron chi connectivity index (χ4n) is 3.56. The SMILES string of the molecule is Cc1cccc(Cn2c(C)c(CNCCc3ccco3)c(C(=O)O)c2C)c1. The first kappa shape index (κ1) is 19.0. The molecule has 142 valence electrons. The van der Waals surface area contributed by atoms with Crippen LogP contribution in [0, 0.1) is 20.8 Å². The Kier molecular flexibility index (Phi) is 5.81. The Morgan fingerprint density at radius 2 is 1.96 bits per heavy atom. The average molecular weight is 366 g/mol. The van der Waals surface area contributed by atoms with Crippen LogP contribution in [-0.4, -0.2) is 22.2 Å². The molecule has 0 aliphatic carbocycles. The maximum Gasteiger partial charge on any atom is 0.337 e. The van der Waals surface area contributed by atoms with Gasteiger partial charge in [-0.25, -0.2) is 4.79 Å². The summed E-state index contributed by atoms with van der Waals surface area (Å²) in [6.45, 7) is 7.88. The van der Waals surface area contributed by atoms with E-state index in [9.17, 15) is 9.90 Å². The molecule has 0 fully saturated rings. The normalized spacial score (nSPS) is 11.1. The number of nitrogens with zero attached hydrogens (tertiary/aromatic N) is 1. The second kappa shape index (κ2) is 8.27. The van der Waals surface area contributed by atoms with Crippen molar-refractivity contribution in [2.75, 3.05) is 6.54 Å². The van der Waals surface area contributed by atoms with Crippen LogP contribution in [0.2, 0.25) is 0 Å². The van der Waals surface area contributed by atoms with E-state index in [4.69, 9.17) is 4.42 Å². The first-order chi connectivity index (χ1) is 13.0. The van der Waals surface area contributed by atoms with Gasteiger partial charge in [-0.3, -0.25) is 0 Å². The molecule has 2 aromatic heterocycles. The van der Waals surface area contributed by atoms with Crippen LogP contribution in [0.1, 0.15) is 44.2 Å². The molecule has 2 N–H and O–H groups in total. The lowest BCUT2D eigenvalue weighted by molar-refractivity contribution is 0.0694. The quantitative estimate of drug-likeness (QED) is 0.590. The molecule has 2 heterocycles. The molecule has 0 aliphatic heterocycles. The van der Waals surface area contributed by atoms with E-state index in [2.05, 4.69) is 35.0 Å². The van der Waals surface area contributed by atoms with Gasteiger partial charge in [-0.05, 0) is 38.5 Å². The molecule has 0 spiro atoms. The van der Waals surface area contributed by atoms with Crippen LogP contribution in [-0.2, 0) is 19.5 Å². The van der Waals surface area contributed by atoms with E-state index in [1.807, 2.05) is 32.0 Å². The minimum atomic E-state index is -0.874. The maximum atomic E-state index is 11.9. The van der Waals surface area contributed by atoms with Gasteiger partial charge in [0, 0.05) is 43.0 Å². The topological polar surface area (TPSA) is 67.4 Å². The molecule has 1 aromatic carbocycles. The number of carbonyl (C=O) groups is 1. The van der Waals surface area contributed by atoms with Gasteiger partial charge in [0.2, 0.25) is 0 Å². The van der Waals surface area contributed by atoms with Crippen molar-refractivity contribution in [2.24, 2.45) is 0 Å². The summed E-state index contributed by atoms with van der Waals surface area (Å²) in [5, 5.41) is 13.1. The number of aromatic carboxylic acids is 1. The Bertz CT molecular complexity index is 923. The van der Waals surface area contributed by atoms with E-state index >= 15 is 0 Å². The molecule has 3 rings (SSSR count). The lowest BCUT2D eigenvalue weighted by Gasteiger charge is -2.11. The van der Waals surface area contributed by atoms with Gasteiger partial charge in [-0.15, -0.1) is 0 Å². The Hall–Kier alpha value is -2.79. The van der Waals surface area contributed by atoms with Gasteiger partial charge in [0.05, 0.1) is 11.8 Å². The lowest BCUT2D eigenvalue weighted by Crippen LogP contribution is -2.18. The minimum absolute atomic E-state index is 0.408. The summed E-state index contributed by atoms with van der Waals surface area (Å²) >= 11 is 0. The van der Waals surface area contributed by atoms with Crippen LogP contribution in [0.3, 0.4) is 0 Å². The number of carboxylic acid groups (broad SMARTS) is 1. The highest BCUT2D eigenvalue weighted by atomic mass is 16.4. The second-order valence-corrected chi connectivity index (χ2v) is 6.91. The van der Waals surface area contributed by atoms with Crippen molar-refractivity contribution in [1.82, 2.24) is 9.88 Å². The molecule has 0 bridgehead atoms. The van der Waals surface area contributed by atoms with Crippen molar-refractivity contribution in [2.45, 2.75) is 40.3 Å². The number of aryl methyl sites for hydroxylation is 1. The summed E-state index contributed by atoms with van der Waals surface area (Å²) < 4.78 is 7.43. The van der Waals surface area contributed by atoms with E-state index in [1.165, 1.54) is 11.1 Å². The Morgan fingerprint density at radius 1 is 1.15 bits per heavy atom. The molecule has 0 unspecified atom stereocenters. The maximum absolute atomic E-state index is 11.9. The number of benzene rings is 1. The fourth-order valence-corrected chi connectivity index (χ4v) is 3.56. The molecule has 5 heteroatoms. The van der Waals surface area contributed by atoms with Crippen molar-refractivity contribution in [1.29, 1.82) is 0 Å². The molecular weight excluding hydrogens is 340 g/mol.